The summed E-state index contributed by atoms with van der Waals surface area (Å²) < 4.78 is 0. The Morgan fingerprint density at radius 2 is 1.94 bits per heavy atom. The second-order valence-electron chi connectivity index (χ2n) is 3.61. The number of benzene rings is 1. The molecule has 0 unspecified atom stereocenters. The highest BCUT2D eigenvalue weighted by Gasteiger charge is 2.07. The molecule has 0 amide bonds. The summed E-state index contributed by atoms with van der Waals surface area (Å²) in [6, 6.07) is 9.82. The molecule has 0 aliphatic heterocycles. The highest BCUT2D eigenvalue weighted by Crippen LogP contribution is 2.13. The third kappa shape index (κ3) is 4.31. The maximum Gasteiger partial charge on any atom is 0.305 e. The fraction of sp³-hybridized carbons (Fsp3) is 0.417. The summed E-state index contributed by atoms with van der Waals surface area (Å²) in [5, 5.41) is 8.68. The van der Waals surface area contributed by atoms with Crippen molar-refractivity contribution in [3.63, 3.8) is 0 Å². The van der Waals surface area contributed by atoms with Crippen molar-refractivity contribution >= 4 is 11.7 Å². The number of rotatable bonds is 7. The van der Waals surface area contributed by atoms with Crippen LogP contribution >= 0.6 is 0 Å². The van der Waals surface area contributed by atoms with E-state index >= 15 is 0 Å². The summed E-state index contributed by atoms with van der Waals surface area (Å²) >= 11 is 0. The minimum Gasteiger partial charge on any atom is -0.481 e. The molecule has 0 saturated carbocycles. The molecule has 88 valence electrons. The Balaban J connectivity index is 2.59. The lowest BCUT2D eigenvalue weighted by atomic mass is 10.2. The van der Waals surface area contributed by atoms with E-state index in [-0.39, 0.29) is 6.42 Å². The third-order valence-corrected chi connectivity index (χ3v) is 2.35. The maximum absolute atomic E-state index is 10.6. The van der Waals surface area contributed by atoms with E-state index in [4.69, 9.17) is 10.8 Å². The number of carboxylic acids is 1. The van der Waals surface area contributed by atoms with Crippen LogP contribution in [0.4, 0.5) is 5.69 Å². The van der Waals surface area contributed by atoms with Crippen LogP contribution in [-0.2, 0) is 4.79 Å². The van der Waals surface area contributed by atoms with Gasteiger partial charge in [0.25, 0.3) is 0 Å². The zero-order valence-corrected chi connectivity index (χ0v) is 9.30. The Bertz CT molecular complexity index is 314. The first kappa shape index (κ1) is 12.5. The molecule has 0 saturated heterocycles. The first-order chi connectivity index (χ1) is 7.74. The van der Waals surface area contributed by atoms with Gasteiger partial charge in [0.2, 0.25) is 0 Å². The molecule has 1 rings (SSSR count). The Hall–Kier alpha value is -1.55. The highest BCUT2D eigenvalue weighted by molar-refractivity contribution is 5.67. The second kappa shape index (κ2) is 6.85. The first-order valence-corrected chi connectivity index (χ1v) is 5.46. The predicted molar refractivity (Wildman–Crippen MR) is 64.6 cm³/mol. The van der Waals surface area contributed by atoms with E-state index in [1.165, 1.54) is 0 Å². The first-order valence-electron chi connectivity index (χ1n) is 5.46. The van der Waals surface area contributed by atoms with E-state index in [9.17, 15) is 4.79 Å². The van der Waals surface area contributed by atoms with E-state index < -0.39 is 5.97 Å². The van der Waals surface area contributed by atoms with Crippen LogP contribution in [0, 0.1) is 0 Å². The zero-order chi connectivity index (χ0) is 11.8. The fourth-order valence-electron chi connectivity index (χ4n) is 1.52. The van der Waals surface area contributed by atoms with Crippen molar-refractivity contribution in [2.45, 2.75) is 12.8 Å². The average Bonchev–Trinajstić information content (AvgIpc) is 2.30. The van der Waals surface area contributed by atoms with Crippen LogP contribution in [0.15, 0.2) is 30.3 Å². The van der Waals surface area contributed by atoms with Gasteiger partial charge in [0.1, 0.15) is 0 Å². The quantitative estimate of drug-likeness (QED) is 0.730. The summed E-state index contributed by atoms with van der Waals surface area (Å²) in [6.45, 7) is 1.95. The van der Waals surface area contributed by atoms with Crippen molar-refractivity contribution in [3.8, 4) is 0 Å². The van der Waals surface area contributed by atoms with Gasteiger partial charge in [-0.2, -0.15) is 0 Å². The summed E-state index contributed by atoms with van der Waals surface area (Å²) in [7, 11) is 0. The zero-order valence-electron chi connectivity index (χ0n) is 9.30. The molecule has 3 N–H and O–H groups in total. The van der Waals surface area contributed by atoms with E-state index in [2.05, 4.69) is 4.90 Å². The van der Waals surface area contributed by atoms with Gasteiger partial charge in [0.05, 0.1) is 6.42 Å². The monoisotopic (exact) mass is 222 g/mol. The molecular formula is C12H18N2O2. The number of nitrogens with two attached hydrogens (primary N) is 1. The number of nitrogens with zero attached hydrogens (tertiary/aromatic N) is 1. The van der Waals surface area contributed by atoms with Gasteiger partial charge in [0.15, 0.2) is 0 Å². The lowest BCUT2D eigenvalue weighted by Crippen LogP contribution is -2.28. The normalized spacial score (nSPS) is 10.1. The Morgan fingerprint density at radius 3 is 2.50 bits per heavy atom. The molecule has 0 spiro atoms. The van der Waals surface area contributed by atoms with Crippen LogP contribution < -0.4 is 10.6 Å². The number of anilines is 1. The van der Waals surface area contributed by atoms with Gasteiger partial charge in [0, 0.05) is 18.8 Å². The largest absolute Gasteiger partial charge is 0.481 e. The lowest BCUT2D eigenvalue weighted by molar-refractivity contribution is -0.136. The third-order valence-electron chi connectivity index (χ3n) is 2.35. The highest BCUT2D eigenvalue weighted by atomic mass is 16.4. The molecule has 1 aromatic rings. The summed E-state index contributed by atoms with van der Waals surface area (Å²) in [5.74, 6) is -0.770. The summed E-state index contributed by atoms with van der Waals surface area (Å²) in [6.07, 6.45) is 1.02. The van der Waals surface area contributed by atoms with Crippen molar-refractivity contribution in [1.82, 2.24) is 0 Å². The minimum atomic E-state index is -0.770. The Labute approximate surface area is 95.7 Å². The number of hydrogen-bond acceptors (Lipinski definition) is 3. The van der Waals surface area contributed by atoms with Gasteiger partial charge in [-0.1, -0.05) is 18.2 Å². The van der Waals surface area contributed by atoms with Crippen LogP contribution in [-0.4, -0.2) is 30.7 Å². The Kier molecular flexibility index (Phi) is 5.36. The molecule has 0 aliphatic rings. The van der Waals surface area contributed by atoms with Gasteiger partial charge in [-0.15, -0.1) is 0 Å². The van der Waals surface area contributed by atoms with Gasteiger partial charge in [-0.3, -0.25) is 4.79 Å². The standard InChI is InChI=1S/C12H18N2O2/c13-8-4-9-14(10-7-12(15)16)11-5-2-1-3-6-11/h1-3,5-6H,4,7-10,13H2,(H,15,16). The average molecular weight is 222 g/mol. The van der Waals surface area contributed by atoms with E-state index in [1.54, 1.807) is 0 Å². The molecule has 0 heterocycles. The molecule has 1 aromatic carbocycles. The molecule has 0 bridgehead atoms. The molecule has 0 aromatic heterocycles. The fourth-order valence-corrected chi connectivity index (χ4v) is 1.52. The van der Waals surface area contributed by atoms with Crippen molar-refractivity contribution < 1.29 is 9.90 Å². The molecule has 4 heteroatoms. The van der Waals surface area contributed by atoms with Gasteiger partial charge >= 0.3 is 5.97 Å². The molecule has 0 radical (unpaired) electrons. The maximum atomic E-state index is 10.6. The van der Waals surface area contributed by atoms with E-state index in [0.717, 1.165) is 18.7 Å². The smallest absolute Gasteiger partial charge is 0.305 e. The topological polar surface area (TPSA) is 66.6 Å². The number of hydrogen-bond donors (Lipinski definition) is 2. The lowest BCUT2D eigenvalue weighted by Gasteiger charge is -2.23. The Morgan fingerprint density at radius 1 is 1.25 bits per heavy atom. The van der Waals surface area contributed by atoms with E-state index in [0.29, 0.717) is 13.1 Å². The summed E-state index contributed by atoms with van der Waals surface area (Å²) in [5.41, 5.74) is 6.52. The second-order valence-corrected chi connectivity index (χ2v) is 3.61. The molecule has 0 atom stereocenters. The van der Waals surface area contributed by atoms with Gasteiger partial charge in [-0.05, 0) is 25.1 Å². The van der Waals surface area contributed by atoms with Gasteiger partial charge < -0.3 is 15.7 Å². The van der Waals surface area contributed by atoms with Crippen LogP contribution in [0.3, 0.4) is 0 Å². The van der Waals surface area contributed by atoms with Crippen molar-refractivity contribution in [2.24, 2.45) is 5.73 Å². The molecular weight excluding hydrogens is 204 g/mol. The van der Waals surface area contributed by atoms with Crippen molar-refractivity contribution in [1.29, 1.82) is 0 Å². The number of carboxylic acid groups (broad SMARTS) is 1. The van der Waals surface area contributed by atoms with Crippen molar-refractivity contribution in [3.05, 3.63) is 30.3 Å². The van der Waals surface area contributed by atoms with Gasteiger partial charge in [-0.25, -0.2) is 0 Å². The molecule has 0 aliphatic carbocycles. The van der Waals surface area contributed by atoms with Crippen molar-refractivity contribution in [2.75, 3.05) is 24.5 Å². The van der Waals surface area contributed by atoms with Crippen LogP contribution in [0.5, 0.6) is 0 Å². The molecule has 4 nitrogen and oxygen atoms in total. The number of para-hydroxylation sites is 1. The SMILES string of the molecule is NCCCN(CCC(=O)O)c1ccccc1. The predicted octanol–water partition coefficient (Wildman–Crippen LogP) is 1.32. The minimum absolute atomic E-state index is 0.152. The van der Waals surface area contributed by atoms with Crippen LogP contribution in [0.2, 0.25) is 0 Å². The van der Waals surface area contributed by atoms with Crippen LogP contribution in [0.25, 0.3) is 0 Å². The van der Waals surface area contributed by atoms with Crippen LogP contribution in [0.1, 0.15) is 12.8 Å². The molecule has 0 fully saturated rings. The molecule has 16 heavy (non-hydrogen) atoms. The van der Waals surface area contributed by atoms with E-state index in [1.807, 2.05) is 30.3 Å². The number of carbonyl (C=O) groups is 1. The number of aliphatic carboxylic acids is 1. The summed E-state index contributed by atoms with van der Waals surface area (Å²) in [4.78, 5) is 12.6.